The van der Waals surface area contributed by atoms with Gasteiger partial charge in [-0.25, -0.2) is 0 Å². The summed E-state index contributed by atoms with van der Waals surface area (Å²) in [6.45, 7) is 0.357. The Bertz CT molecular complexity index is 241. The number of likely N-dealkylation sites (N-methyl/N-ethyl adjacent to an activating group) is 1. The second-order valence-electron chi connectivity index (χ2n) is 2.86. The molecule has 0 aromatic carbocycles. The van der Waals surface area contributed by atoms with E-state index in [0.717, 1.165) is 0 Å². The maximum Gasteiger partial charge on any atom is 0.108 e. The molecule has 3 N–H and O–H groups in total. The Morgan fingerprint density at radius 2 is 2.31 bits per heavy atom. The third-order valence-electron chi connectivity index (χ3n) is 1.80. The van der Waals surface area contributed by atoms with Crippen LogP contribution in [0, 0.1) is 0 Å². The average molecular weight is 182 g/mol. The number of nitrogens with one attached hydrogen (secondary N) is 1. The van der Waals surface area contributed by atoms with Gasteiger partial charge in [-0.05, 0) is 13.1 Å². The highest BCUT2D eigenvalue weighted by atomic mass is 16.3. The van der Waals surface area contributed by atoms with Gasteiger partial charge in [-0.15, -0.1) is 0 Å². The van der Waals surface area contributed by atoms with Crippen molar-refractivity contribution < 1.29 is 10.2 Å². The Kier molecular flexibility index (Phi) is 3.82. The standard InChI is InChI=1S/C9H14N2O2/c1-10-6-8(12)9(13)7-3-2-4-11-5-7/h2-5,8-10,12-13H,6H2,1H3. The van der Waals surface area contributed by atoms with Crippen LogP contribution in [0.1, 0.15) is 11.7 Å². The van der Waals surface area contributed by atoms with Crippen molar-refractivity contribution in [3.05, 3.63) is 30.1 Å². The Labute approximate surface area is 77.2 Å². The lowest BCUT2D eigenvalue weighted by Crippen LogP contribution is -2.29. The van der Waals surface area contributed by atoms with E-state index in [1.165, 1.54) is 0 Å². The van der Waals surface area contributed by atoms with Gasteiger partial charge in [0, 0.05) is 24.5 Å². The molecule has 13 heavy (non-hydrogen) atoms. The molecule has 0 fully saturated rings. The highest BCUT2D eigenvalue weighted by molar-refractivity contribution is 5.13. The summed E-state index contributed by atoms with van der Waals surface area (Å²) in [7, 11) is 1.72. The van der Waals surface area contributed by atoms with Crippen molar-refractivity contribution >= 4 is 0 Å². The van der Waals surface area contributed by atoms with Crippen LogP contribution in [0.2, 0.25) is 0 Å². The molecule has 2 unspecified atom stereocenters. The van der Waals surface area contributed by atoms with Gasteiger partial charge in [0.05, 0.1) is 6.10 Å². The molecule has 0 radical (unpaired) electrons. The first-order chi connectivity index (χ1) is 6.25. The zero-order valence-corrected chi connectivity index (χ0v) is 7.51. The number of aliphatic hydroxyl groups excluding tert-OH is 2. The molecule has 0 aliphatic carbocycles. The lowest BCUT2D eigenvalue weighted by Gasteiger charge is -2.16. The maximum atomic E-state index is 9.59. The molecule has 0 aliphatic heterocycles. The summed E-state index contributed by atoms with van der Waals surface area (Å²) in [5.41, 5.74) is 0.630. The fraction of sp³-hybridized carbons (Fsp3) is 0.444. The molecule has 0 amide bonds. The van der Waals surface area contributed by atoms with Gasteiger partial charge in [0.25, 0.3) is 0 Å². The van der Waals surface area contributed by atoms with Gasteiger partial charge in [0.1, 0.15) is 6.10 Å². The highest BCUT2D eigenvalue weighted by Crippen LogP contribution is 2.14. The predicted molar refractivity (Wildman–Crippen MR) is 49.1 cm³/mol. The van der Waals surface area contributed by atoms with Gasteiger partial charge in [0.15, 0.2) is 0 Å². The third-order valence-corrected chi connectivity index (χ3v) is 1.80. The molecule has 0 bridgehead atoms. The smallest absolute Gasteiger partial charge is 0.108 e. The lowest BCUT2D eigenvalue weighted by atomic mass is 10.1. The number of pyridine rings is 1. The zero-order valence-electron chi connectivity index (χ0n) is 7.51. The number of rotatable bonds is 4. The lowest BCUT2D eigenvalue weighted by molar-refractivity contribution is 0.0200. The van der Waals surface area contributed by atoms with Crippen LogP contribution < -0.4 is 5.32 Å². The van der Waals surface area contributed by atoms with Crippen LogP contribution in [0.5, 0.6) is 0 Å². The topological polar surface area (TPSA) is 65.4 Å². The number of nitrogens with zero attached hydrogens (tertiary/aromatic N) is 1. The SMILES string of the molecule is CNCC(O)C(O)c1cccnc1. The molecule has 4 heteroatoms. The molecule has 0 saturated heterocycles. The number of hydrogen-bond donors (Lipinski definition) is 3. The van der Waals surface area contributed by atoms with Crippen molar-refractivity contribution in [3.63, 3.8) is 0 Å². The summed E-state index contributed by atoms with van der Waals surface area (Å²) < 4.78 is 0. The number of aliphatic hydroxyl groups is 2. The van der Waals surface area contributed by atoms with Crippen LogP contribution in [-0.2, 0) is 0 Å². The predicted octanol–water partition coefficient (Wildman–Crippen LogP) is -0.305. The van der Waals surface area contributed by atoms with Gasteiger partial charge in [-0.2, -0.15) is 0 Å². The number of aromatic nitrogens is 1. The van der Waals surface area contributed by atoms with E-state index < -0.39 is 12.2 Å². The van der Waals surface area contributed by atoms with Crippen molar-refractivity contribution in [2.75, 3.05) is 13.6 Å². The van der Waals surface area contributed by atoms with Gasteiger partial charge < -0.3 is 15.5 Å². The third kappa shape index (κ3) is 2.77. The minimum absolute atomic E-state index is 0.357. The van der Waals surface area contributed by atoms with Crippen LogP contribution in [0.4, 0.5) is 0 Å². The molecule has 1 rings (SSSR count). The Hall–Kier alpha value is -0.970. The van der Waals surface area contributed by atoms with Gasteiger partial charge in [0.2, 0.25) is 0 Å². The minimum atomic E-state index is -0.874. The van der Waals surface area contributed by atoms with E-state index in [1.807, 2.05) is 0 Å². The van der Waals surface area contributed by atoms with Crippen LogP contribution in [0.3, 0.4) is 0 Å². The molecule has 2 atom stereocenters. The van der Waals surface area contributed by atoms with Crippen molar-refractivity contribution in [2.24, 2.45) is 0 Å². The molecule has 0 saturated carbocycles. The quantitative estimate of drug-likeness (QED) is 0.598. The van der Waals surface area contributed by atoms with Gasteiger partial charge in [-0.3, -0.25) is 4.98 Å². The molecular formula is C9H14N2O2. The number of hydrogen-bond acceptors (Lipinski definition) is 4. The molecule has 1 heterocycles. The van der Waals surface area contributed by atoms with E-state index in [2.05, 4.69) is 10.3 Å². The fourth-order valence-electron chi connectivity index (χ4n) is 1.09. The first-order valence-electron chi connectivity index (χ1n) is 4.16. The molecule has 72 valence electrons. The Balaban J connectivity index is 2.62. The van der Waals surface area contributed by atoms with Crippen molar-refractivity contribution in [1.82, 2.24) is 10.3 Å². The van der Waals surface area contributed by atoms with E-state index in [1.54, 1.807) is 31.6 Å². The van der Waals surface area contributed by atoms with E-state index in [-0.39, 0.29) is 0 Å². The maximum absolute atomic E-state index is 9.59. The molecule has 0 spiro atoms. The van der Waals surface area contributed by atoms with Crippen LogP contribution >= 0.6 is 0 Å². The fourth-order valence-corrected chi connectivity index (χ4v) is 1.09. The zero-order chi connectivity index (χ0) is 9.68. The summed E-state index contributed by atoms with van der Waals surface area (Å²) in [6.07, 6.45) is 1.50. The summed E-state index contributed by atoms with van der Waals surface area (Å²) in [6, 6.07) is 3.46. The van der Waals surface area contributed by atoms with Crippen molar-refractivity contribution in [1.29, 1.82) is 0 Å². The second-order valence-corrected chi connectivity index (χ2v) is 2.86. The Morgan fingerprint density at radius 3 is 2.85 bits per heavy atom. The van der Waals surface area contributed by atoms with Crippen LogP contribution in [-0.4, -0.2) is 34.9 Å². The van der Waals surface area contributed by atoms with E-state index in [4.69, 9.17) is 0 Å². The molecule has 1 aromatic rings. The largest absolute Gasteiger partial charge is 0.389 e. The first-order valence-corrected chi connectivity index (χ1v) is 4.16. The summed E-state index contributed by atoms with van der Waals surface area (Å²) in [5.74, 6) is 0. The molecule has 1 aromatic heterocycles. The highest BCUT2D eigenvalue weighted by Gasteiger charge is 2.16. The van der Waals surface area contributed by atoms with Crippen LogP contribution in [0.15, 0.2) is 24.5 Å². The summed E-state index contributed by atoms with van der Waals surface area (Å²) in [5, 5.41) is 21.8. The second kappa shape index (κ2) is 4.91. The van der Waals surface area contributed by atoms with Gasteiger partial charge >= 0.3 is 0 Å². The Morgan fingerprint density at radius 1 is 1.54 bits per heavy atom. The summed E-state index contributed by atoms with van der Waals surface area (Å²) >= 11 is 0. The van der Waals surface area contributed by atoms with E-state index >= 15 is 0 Å². The molecule has 4 nitrogen and oxygen atoms in total. The van der Waals surface area contributed by atoms with E-state index in [0.29, 0.717) is 12.1 Å². The molecular weight excluding hydrogens is 168 g/mol. The van der Waals surface area contributed by atoms with E-state index in [9.17, 15) is 10.2 Å². The first kappa shape index (κ1) is 10.1. The average Bonchev–Trinajstić information content (AvgIpc) is 2.18. The van der Waals surface area contributed by atoms with Crippen molar-refractivity contribution in [3.8, 4) is 0 Å². The monoisotopic (exact) mass is 182 g/mol. The minimum Gasteiger partial charge on any atom is -0.389 e. The van der Waals surface area contributed by atoms with Crippen molar-refractivity contribution in [2.45, 2.75) is 12.2 Å². The summed E-state index contributed by atoms with van der Waals surface area (Å²) in [4.78, 5) is 3.86. The van der Waals surface area contributed by atoms with Crippen LogP contribution in [0.25, 0.3) is 0 Å². The van der Waals surface area contributed by atoms with Gasteiger partial charge in [-0.1, -0.05) is 6.07 Å². The molecule has 0 aliphatic rings. The normalized spacial score (nSPS) is 15.3.